The molecule has 1 atom stereocenters. The average Bonchev–Trinajstić information content (AvgIpc) is 3.11. The van der Waals surface area contributed by atoms with Crippen molar-refractivity contribution in [1.29, 1.82) is 5.26 Å². The Labute approximate surface area is 156 Å². The van der Waals surface area contributed by atoms with Gasteiger partial charge in [0.25, 0.3) is 0 Å². The first-order valence-electron chi connectivity index (χ1n) is 8.67. The van der Waals surface area contributed by atoms with Gasteiger partial charge in [0.15, 0.2) is 0 Å². The van der Waals surface area contributed by atoms with Crippen LogP contribution < -0.4 is 15.2 Å². The molecule has 6 nitrogen and oxygen atoms in total. The molecule has 0 spiro atoms. The number of H-pyrrole nitrogens is 1. The number of fused-ring (bicyclic) bond motifs is 1. The van der Waals surface area contributed by atoms with Crippen LogP contribution in [0.2, 0.25) is 0 Å². The van der Waals surface area contributed by atoms with Crippen molar-refractivity contribution in [1.82, 2.24) is 10.2 Å². The lowest BCUT2D eigenvalue weighted by molar-refractivity contribution is 0.340. The molecule has 6 heteroatoms. The van der Waals surface area contributed by atoms with Crippen LogP contribution in [0.1, 0.15) is 24.0 Å². The summed E-state index contributed by atoms with van der Waals surface area (Å²) in [5.74, 6) is 0.931. The van der Waals surface area contributed by atoms with E-state index in [0.717, 1.165) is 28.1 Å². The van der Waals surface area contributed by atoms with Gasteiger partial charge < -0.3 is 15.2 Å². The van der Waals surface area contributed by atoms with Crippen molar-refractivity contribution in [3.8, 4) is 29.0 Å². The second-order valence-electron chi connectivity index (χ2n) is 6.11. The van der Waals surface area contributed by atoms with Crippen LogP contribution in [-0.4, -0.2) is 16.8 Å². The van der Waals surface area contributed by atoms with E-state index in [1.165, 1.54) is 0 Å². The zero-order valence-corrected chi connectivity index (χ0v) is 14.8. The van der Waals surface area contributed by atoms with E-state index >= 15 is 0 Å². The summed E-state index contributed by atoms with van der Waals surface area (Å²) < 4.78 is 11.1. The molecule has 134 valence electrons. The minimum atomic E-state index is -0.347. The van der Waals surface area contributed by atoms with E-state index in [9.17, 15) is 5.26 Å². The minimum Gasteiger partial charge on any atom is -0.494 e. The number of rotatable bonds is 4. The molecule has 3 aromatic rings. The minimum absolute atomic E-state index is 0.0867. The Hall–Kier alpha value is -3.72. The zero-order chi connectivity index (χ0) is 18.8. The van der Waals surface area contributed by atoms with Crippen molar-refractivity contribution < 1.29 is 9.47 Å². The Morgan fingerprint density at radius 3 is 2.59 bits per heavy atom. The van der Waals surface area contributed by atoms with Crippen LogP contribution in [-0.2, 0) is 0 Å². The third-order valence-electron chi connectivity index (χ3n) is 4.53. The second kappa shape index (κ2) is 6.89. The molecule has 0 saturated heterocycles. The number of nitrogens with zero attached hydrogens (tertiary/aromatic N) is 2. The summed E-state index contributed by atoms with van der Waals surface area (Å²) in [5, 5.41) is 17.0. The Balaban J connectivity index is 1.86. The van der Waals surface area contributed by atoms with Gasteiger partial charge in [-0.2, -0.15) is 5.26 Å². The molecule has 2 heterocycles. The summed E-state index contributed by atoms with van der Waals surface area (Å²) in [6.07, 6.45) is 0. The first kappa shape index (κ1) is 16.7. The third kappa shape index (κ3) is 2.89. The molecule has 1 unspecified atom stereocenters. The highest BCUT2D eigenvalue weighted by atomic mass is 16.5. The van der Waals surface area contributed by atoms with Crippen molar-refractivity contribution in [2.24, 2.45) is 5.73 Å². The van der Waals surface area contributed by atoms with E-state index in [4.69, 9.17) is 15.2 Å². The molecule has 27 heavy (non-hydrogen) atoms. The molecule has 1 aliphatic heterocycles. The number of nitriles is 1. The van der Waals surface area contributed by atoms with E-state index in [0.29, 0.717) is 18.1 Å². The van der Waals surface area contributed by atoms with Crippen molar-refractivity contribution in [2.45, 2.75) is 12.8 Å². The average molecular weight is 358 g/mol. The molecule has 0 radical (unpaired) electrons. The summed E-state index contributed by atoms with van der Waals surface area (Å²) >= 11 is 0. The van der Waals surface area contributed by atoms with Crippen molar-refractivity contribution in [3.63, 3.8) is 0 Å². The normalized spacial score (nSPS) is 15.6. The topological polar surface area (TPSA) is 97.0 Å². The molecular formula is C21H18N4O2. The second-order valence-corrected chi connectivity index (χ2v) is 6.11. The van der Waals surface area contributed by atoms with E-state index < -0.39 is 0 Å². The fourth-order valence-electron chi connectivity index (χ4n) is 3.33. The number of nitrogens with one attached hydrogen (secondary N) is 1. The number of ether oxygens (including phenoxy) is 2. The molecule has 0 bridgehead atoms. The summed E-state index contributed by atoms with van der Waals surface area (Å²) in [6, 6.07) is 19.7. The molecule has 0 aliphatic carbocycles. The maximum absolute atomic E-state index is 9.70. The number of aromatic nitrogens is 2. The summed E-state index contributed by atoms with van der Waals surface area (Å²) in [5.41, 5.74) is 9.85. The van der Waals surface area contributed by atoms with Crippen LogP contribution in [0, 0.1) is 11.3 Å². The monoisotopic (exact) mass is 358 g/mol. The molecule has 2 aromatic carbocycles. The summed E-state index contributed by atoms with van der Waals surface area (Å²) in [6.45, 7) is 2.56. The molecular weight excluding hydrogens is 340 g/mol. The van der Waals surface area contributed by atoms with Gasteiger partial charge >= 0.3 is 0 Å². The fraction of sp³-hybridized carbons (Fsp3) is 0.143. The van der Waals surface area contributed by atoms with Crippen molar-refractivity contribution in [3.05, 3.63) is 77.2 Å². The predicted octanol–water partition coefficient (Wildman–Crippen LogP) is 3.69. The lowest BCUT2D eigenvalue weighted by atomic mass is 9.83. The number of aromatic amines is 1. The van der Waals surface area contributed by atoms with Crippen LogP contribution in [0.15, 0.2) is 66.1 Å². The number of nitrogens with two attached hydrogens (primary N) is 1. The Morgan fingerprint density at radius 2 is 1.93 bits per heavy atom. The van der Waals surface area contributed by atoms with Crippen LogP contribution in [0.3, 0.4) is 0 Å². The van der Waals surface area contributed by atoms with Gasteiger partial charge in [0.1, 0.15) is 17.4 Å². The molecule has 0 fully saturated rings. The smallest absolute Gasteiger partial charge is 0.244 e. The quantitative estimate of drug-likeness (QED) is 0.741. The first-order valence-corrected chi connectivity index (χ1v) is 8.67. The third-order valence-corrected chi connectivity index (χ3v) is 4.53. The SMILES string of the molecule is CCOc1ccc(-c2[nH]nc3c2C(c2ccccc2)C(C#N)=C(N)O3)cc1. The standard InChI is InChI=1S/C21H18N4O2/c1-2-26-15-10-8-14(9-11-15)19-18-17(13-6-4-3-5-7-13)16(12-22)20(23)27-21(18)25-24-19/h3-11,17H,2,23H2,1H3,(H,24,25). The Morgan fingerprint density at radius 1 is 1.19 bits per heavy atom. The van der Waals surface area contributed by atoms with Crippen molar-refractivity contribution >= 4 is 0 Å². The number of benzene rings is 2. The number of allylic oxidation sites excluding steroid dienone is 1. The zero-order valence-electron chi connectivity index (χ0n) is 14.8. The predicted molar refractivity (Wildman–Crippen MR) is 101 cm³/mol. The lowest BCUT2D eigenvalue weighted by Crippen LogP contribution is -2.20. The summed E-state index contributed by atoms with van der Waals surface area (Å²) in [4.78, 5) is 0. The summed E-state index contributed by atoms with van der Waals surface area (Å²) in [7, 11) is 0. The number of hydrogen-bond acceptors (Lipinski definition) is 5. The lowest BCUT2D eigenvalue weighted by Gasteiger charge is -2.24. The van der Waals surface area contributed by atoms with Crippen LogP contribution in [0.4, 0.5) is 0 Å². The van der Waals surface area contributed by atoms with Crippen molar-refractivity contribution in [2.75, 3.05) is 6.61 Å². The van der Waals surface area contributed by atoms with E-state index in [-0.39, 0.29) is 11.8 Å². The van der Waals surface area contributed by atoms with E-state index in [1.54, 1.807) is 0 Å². The molecule has 1 aromatic heterocycles. The van der Waals surface area contributed by atoms with Gasteiger partial charge in [0, 0.05) is 5.56 Å². The number of hydrogen-bond donors (Lipinski definition) is 2. The highest BCUT2D eigenvalue weighted by Crippen LogP contribution is 2.45. The molecule has 1 aliphatic rings. The fourth-order valence-corrected chi connectivity index (χ4v) is 3.33. The van der Waals surface area contributed by atoms with Crippen LogP contribution in [0.25, 0.3) is 11.3 Å². The van der Waals surface area contributed by atoms with Gasteiger partial charge in [0.05, 0.1) is 23.8 Å². The first-order chi connectivity index (χ1) is 13.2. The van der Waals surface area contributed by atoms with E-state index in [1.807, 2.05) is 61.5 Å². The molecule has 4 rings (SSSR count). The molecule has 0 saturated carbocycles. The van der Waals surface area contributed by atoms with Crippen LogP contribution >= 0.6 is 0 Å². The van der Waals surface area contributed by atoms with Gasteiger partial charge in [-0.3, -0.25) is 5.10 Å². The molecule has 3 N–H and O–H groups in total. The largest absolute Gasteiger partial charge is 0.494 e. The Bertz CT molecular complexity index is 1030. The highest BCUT2D eigenvalue weighted by molar-refractivity contribution is 5.71. The maximum Gasteiger partial charge on any atom is 0.244 e. The van der Waals surface area contributed by atoms with Gasteiger partial charge in [0.2, 0.25) is 11.8 Å². The van der Waals surface area contributed by atoms with Gasteiger partial charge in [-0.05, 0) is 36.8 Å². The van der Waals surface area contributed by atoms with Gasteiger partial charge in [-0.15, -0.1) is 5.10 Å². The van der Waals surface area contributed by atoms with Crippen LogP contribution in [0.5, 0.6) is 11.6 Å². The van der Waals surface area contributed by atoms with Gasteiger partial charge in [-0.1, -0.05) is 30.3 Å². The van der Waals surface area contributed by atoms with Gasteiger partial charge in [-0.25, -0.2) is 0 Å². The highest BCUT2D eigenvalue weighted by Gasteiger charge is 2.35. The van der Waals surface area contributed by atoms with E-state index in [2.05, 4.69) is 16.3 Å². The Kier molecular flexibility index (Phi) is 4.27. The maximum atomic E-state index is 9.70. The molecule has 0 amide bonds.